The van der Waals surface area contributed by atoms with Crippen molar-refractivity contribution in [3.05, 3.63) is 73.9 Å². The first-order valence-corrected chi connectivity index (χ1v) is 4.99. The van der Waals surface area contributed by atoms with Crippen LogP contribution in [0.3, 0.4) is 0 Å². The molecule has 0 fully saturated rings. The number of aromatic nitrogens is 3. The Morgan fingerprint density at radius 3 is 0.750 bits per heavy atom. The predicted molar refractivity (Wildman–Crippen MR) is 78.6 cm³/mol. The van der Waals surface area contributed by atoms with E-state index in [1.54, 1.807) is 0 Å². The van der Waals surface area contributed by atoms with Crippen LogP contribution in [0.25, 0.3) is 0 Å². The molecule has 0 atom stereocenters. The third kappa shape index (κ3) is 12.0. The summed E-state index contributed by atoms with van der Waals surface area (Å²) in [7, 11) is 22.8. The van der Waals surface area contributed by atoms with Gasteiger partial charge in [-0.3, -0.25) is 0 Å². The Labute approximate surface area is 124 Å². The maximum absolute atomic E-state index is 10.9. The summed E-state index contributed by atoms with van der Waals surface area (Å²) in [5.41, 5.74) is -2.61. The molecule has 9 nitrogen and oxygen atoms in total. The minimum Gasteiger partial charge on any atom is -0.557 e. The number of ether oxygens (including phenoxy) is 3. The smallest absolute Gasteiger partial charge is 0.205 e. The first-order valence-electron chi connectivity index (χ1n) is 4.99. The molecule has 1 aromatic heterocycles. The number of hydrogen-bond acceptors (Lipinski definition) is 6. The molecule has 0 aliphatic rings. The second kappa shape index (κ2) is 20.2. The molecule has 1 heterocycles. The van der Waals surface area contributed by atoms with Gasteiger partial charge in [0.1, 0.15) is 0 Å². The number of methoxy groups -OCH3 is 3. The molecule has 0 spiro atoms. The normalized spacial score (nSPS) is 7.25. The molecule has 0 N–H and O–H groups in total. The molecular formula is C12H21N3O6Rf3-6. The summed E-state index contributed by atoms with van der Waals surface area (Å²) in [6.07, 6.45) is 0. The Hall–Kier alpha value is -5.10. The SMILES string of the molecule is [CH2-]OC.[CH2-]OC.[CH2-]OC.[CH2-]n1c(=O)n([CH2-])c(=O)n([CH2-])c1=O.[Rf].[Rf].[Rf]. The van der Waals surface area contributed by atoms with Crippen LogP contribution in [0, 0.1) is 42.5 Å². The number of hydrogen-bond donors (Lipinski definition) is 0. The second-order valence-electron chi connectivity index (χ2n) is 3.00. The molecule has 1 aromatic rings. The summed E-state index contributed by atoms with van der Waals surface area (Å²) in [6, 6.07) is 0. The van der Waals surface area contributed by atoms with Crippen LogP contribution >= 0.6 is 0 Å². The molecule has 12 heteroatoms. The minimum absolute atomic E-state index is 0. The Kier molecular flexibility index (Phi) is 30.7. The zero-order valence-corrected chi connectivity index (χ0v) is 33.9. The van der Waals surface area contributed by atoms with E-state index in [4.69, 9.17) is 0 Å². The van der Waals surface area contributed by atoms with E-state index in [0.717, 1.165) is 0 Å². The van der Waals surface area contributed by atoms with Crippen LogP contribution in [-0.4, -0.2) is 35.0 Å². The first kappa shape index (κ1) is 36.4. The molecule has 0 unspecified atom stereocenters. The molecule has 0 aromatic carbocycles. The zero-order valence-electron chi connectivity index (χ0n) is 14.7. The average molecular weight is 1100 g/mol. The number of nitrogens with zero attached hydrogens (tertiary/aromatic N) is 3. The Balaban J connectivity index is -0.0000000579. The van der Waals surface area contributed by atoms with E-state index in [2.05, 4.69) is 56.7 Å². The Morgan fingerprint density at radius 2 is 0.667 bits per heavy atom. The summed E-state index contributed by atoms with van der Waals surface area (Å²) < 4.78 is 13.5. The monoisotopic (exact) mass is 1100 g/mol. The van der Waals surface area contributed by atoms with Gasteiger partial charge in [-0.2, -0.15) is 0 Å². The van der Waals surface area contributed by atoms with Gasteiger partial charge in [-0.25, -0.2) is 21.3 Å². The van der Waals surface area contributed by atoms with E-state index in [9.17, 15) is 14.4 Å². The van der Waals surface area contributed by atoms with E-state index in [0.29, 0.717) is 13.7 Å². The van der Waals surface area contributed by atoms with E-state index < -0.39 is 17.1 Å². The van der Waals surface area contributed by atoms with Gasteiger partial charge in [0.25, 0.3) is 0 Å². The second-order valence-corrected chi connectivity index (χ2v) is 3.00. The minimum atomic E-state index is -0.870. The zero-order chi connectivity index (χ0) is 17.6. The Morgan fingerprint density at radius 1 is 0.583 bits per heavy atom. The van der Waals surface area contributed by atoms with Crippen molar-refractivity contribution in [3.63, 3.8) is 0 Å². The molecule has 1 rings (SSSR count). The fourth-order valence-corrected chi connectivity index (χ4v) is 0.683. The molecular weight excluding hydrogens is 1080 g/mol. The van der Waals surface area contributed by atoms with Crippen LogP contribution in [0.1, 0.15) is 0 Å². The maximum Gasteiger partial charge on any atom is 0.205 e. The summed E-state index contributed by atoms with van der Waals surface area (Å²) in [4.78, 5) is 32.8. The standard InChI is InChI=1S/C6H6N3O3.3C2H5O.3Rf/c1-7-4(10)8(2)6(12)9(3)5(7)11;3*1-3-2;;;/h1-3H2;3*1H2,2H3;;;/q-3;3*-1;;;. The van der Waals surface area contributed by atoms with Crippen molar-refractivity contribution in [2.24, 2.45) is 0 Å². The van der Waals surface area contributed by atoms with E-state index in [-0.39, 0.29) is 0 Å². The molecule has 0 aliphatic carbocycles. The largest absolute Gasteiger partial charge is 0.557 e. The van der Waals surface area contributed by atoms with Gasteiger partial charge in [0.2, 0.25) is 17.1 Å². The summed E-state index contributed by atoms with van der Waals surface area (Å²) in [5, 5.41) is 0. The van der Waals surface area contributed by atoms with Crippen LogP contribution in [0.15, 0.2) is 14.4 Å². The fourth-order valence-electron chi connectivity index (χ4n) is 0.683. The average Bonchev–Trinajstić information content (AvgIpc) is 2.44. The molecule has 0 radical (unpaired) electrons. The van der Waals surface area contributed by atoms with Crippen molar-refractivity contribution in [2.75, 3.05) is 21.3 Å². The fraction of sp³-hybridized carbons (Fsp3) is 0.250. The van der Waals surface area contributed by atoms with Crippen LogP contribution in [0.5, 0.6) is 0 Å². The summed E-state index contributed by atoms with van der Waals surface area (Å²) in [5.74, 6) is 0. The summed E-state index contributed by atoms with van der Waals surface area (Å²) in [6.45, 7) is 0. The van der Waals surface area contributed by atoms with Crippen molar-refractivity contribution in [3.8, 4) is 0 Å². The van der Waals surface area contributed by atoms with Crippen LogP contribution < -0.4 is 17.1 Å². The van der Waals surface area contributed by atoms with Crippen molar-refractivity contribution in [2.45, 2.75) is 0 Å². The van der Waals surface area contributed by atoms with Crippen molar-refractivity contribution in [1.82, 2.24) is 13.7 Å². The van der Waals surface area contributed by atoms with E-state index >= 15 is 0 Å². The van der Waals surface area contributed by atoms with Gasteiger partial charge in [-0.1, -0.05) is 0 Å². The molecule has 132 valence electrons. The predicted octanol–water partition coefficient (Wildman–Crippen LogP) is -0.636. The third-order valence-corrected chi connectivity index (χ3v) is 1.39. The molecule has 0 amide bonds. The van der Waals surface area contributed by atoms with Gasteiger partial charge in [-0.15, -0.1) is 21.1 Å². The maximum atomic E-state index is 10.9. The number of rotatable bonds is 0. The van der Waals surface area contributed by atoms with Crippen LogP contribution in [0.2, 0.25) is 0 Å². The third-order valence-electron chi connectivity index (χ3n) is 1.39. The summed E-state index contributed by atoms with van der Waals surface area (Å²) >= 11 is 0. The van der Waals surface area contributed by atoms with Gasteiger partial charge in [-0.05, 0) is 21.3 Å². The first-order chi connectivity index (χ1) is 9.71. The van der Waals surface area contributed by atoms with Gasteiger partial charge >= 0.3 is 0 Å². The van der Waals surface area contributed by atoms with Gasteiger partial charge in [0.15, 0.2) is 0 Å². The van der Waals surface area contributed by atoms with Gasteiger partial charge < -0.3 is 42.3 Å². The van der Waals surface area contributed by atoms with Crippen LogP contribution in [-0.2, 0) is 14.2 Å². The molecule has 0 bridgehead atoms. The molecule has 0 saturated heterocycles. The van der Waals surface area contributed by atoms with Crippen molar-refractivity contribution in [1.29, 1.82) is 0 Å². The molecule has 24 heavy (non-hydrogen) atoms. The molecule has 0 aliphatic heterocycles. The topological polar surface area (TPSA) is 93.7 Å². The molecule has 0 saturated carbocycles. The van der Waals surface area contributed by atoms with E-state index in [1.807, 2.05) is 0 Å². The quantitative estimate of drug-likeness (QED) is 0.322. The van der Waals surface area contributed by atoms with Crippen molar-refractivity contribution < 1.29 is 14.2 Å². The van der Waals surface area contributed by atoms with Crippen molar-refractivity contribution >= 4 is 0 Å². The van der Waals surface area contributed by atoms with Crippen LogP contribution in [0.4, 0.5) is 0 Å². The van der Waals surface area contributed by atoms with E-state index in [1.165, 1.54) is 21.3 Å². The Bertz CT molecular complexity index is 436. The van der Waals surface area contributed by atoms with Gasteiger partial charge in [0, 0.05) is 0 Å². The van der Waals surface area contributed by atoms with Gasteiger partial charge in [0.05, 0.1) is 0 Å².